The second kappa shape index (κ2) is 5.82. The van der Waals surface area contributed by atoms with Crippen LogP contribution in [0.15, 0.2) is 35.5 Å². The van der Waals surface area contributed by atoms with Gasteiger partial charge in [-0.05, 0) is 24.3 Å². The lowest BCUT2D eigenvalue weighted by Crippen LogP contribution is -2.14. The van der Waals surface area contributed by atoms with E-state index in [0.29, 0.717) is 5.75 Å². The van der Waals surface area contributed by atoms with Gasteiger partial charge in [0.1, 0.15) is 17.8 Å². The van der Waals surface area contributed by atoms with Crippen molar-refractivity contribution in [2.45, 2.75) is 4.90 Å². The Labute approximate surface area is 125 Å². The number of ether oxygens (including phenoxy) is 1. The Balaban J connectivity index is 2.35. The van der Waals surface area contributed by atoms with Crippen LogP contribution in [0.25, 0.3) is 0 Å². The first-order chi connectivity index (χ1) is 9.44. The number of sulfonamides is 1. The predicted molar refractivity (Wildman–Crippen MR) is 75.9 cm³/mol. The minimum Gasteiger partial charge on any atom is -0.497 e. The molecule has 0 bridgehead atoms. The van der Waals surface area contributed by atoms with Gasteiger partial charge in [0.15, 0.2) is 10.3 Å². The number of nitrogens with zero attached hydrogens (tertiary/aromatic N) is 2. The Morgan fingerprint density at radius 2 is 1.65 bits per heavy atom. The number of hydrogen-bond acceptors (Lipinski definition) is 5. The molecule has 106 valence electrons. The molecule has 6 nitrogen and oxygen atoms in total. The first kappa shape index (κ1) is 14.8. The maximum Gasteiger partial charge on any atom is 0.262 e. The van der Waals surface area contributed by atoms with Crippen LogP contribution < -0.4 is 9.46 Å². The number of aromatic nitrogens is 2. The van der Waals surface area contributed by atoms with Gasteiger partial charge in [0, 0.05) is 0 Å². The first-order valence-electron chi connectivity index (χ1n) is 5.27. The van der Waals surface area contributed by atoms with Crippen molar-refractivity contribution in [1.82, 2.24) is 9.97 Å². The number of methoxy groups -OCH3 is 1. The fraction of sp³-hybridized carbons (Fsp3) is 0.0909. The van der Waals surface area contributed by atoms with Crippen molar-refractivity contribution in [2.75, 3.05) is 11.8 Å². The van der Waals surface area contributed by atoms with E-state index in [1.54, 1.807) is 0 Å². The second-order valence-corrected chi connectivity index (χ2v) is 6.01. The standard InChI is InChI=1S/C11H9Cl2N3O3S/c1-19-7-2-4-8(5-3-7)20(17,18)16-9-10(12)14-6-15-11(9)13/h2-6,16H,1H3. The number of anilines is 1. The zero-order valence-electron chi connectivity index (χ0n) is 10.2. The van der Waals surface area contributed by atoms with Crippen LogP contribution in [0.4, 0.5) is 5.69 Å². The summed E-state index contributed by atoms with van der Waals surface area (Å²) in [7, 11) is -2.35. The normalized spacial score (nSPS) is 11.2. The minimum atomic E-state index is -3.84. The Hall–Kier alpha value is -1.57. The van der Waals surface area contributed by atoms with Gasteiger partial charge in [-0.15, -0.1) is 0 Å². The van der Waals surface area contributed by atoms with E-state index in [1.165, 1.54) is 31.4 Å². The van der Waals surface area contributed by atoms with Crippen LogP contribution in [0.1, 0.15) is 0 Å². The van der Waals surface area contributed by atoms with E-state index in [-0.39, 0.29) is 20.9 Å². The fourth-order valence-electron chi connectivity index (χ4n) is 1.38. The molecule has 0 aliphatic rings. The summed E-state index contributed by atoms with van der Waals surface area (Å²) in [6.45, 7) is 0. The van der Waals surface area contributed by atoms with Crippen molar-refractivity contribution < 1.29 is 13.2 Å². The van der Waals surface area contributed by atoms with Crippen LogP contribution in [0, 0.1) is 0 Å². The van der Waals surface area contributed by atoms with Gasteiger partial charge >= 0.3 is 0 Å². The van der Waals surface area contributed by atoms with E-state index in [9.17, 15) is 8.42 Å². The summed E-state index contributed by atoms with van der Waals surface area (Å²) in [4.78, 5) is 7.37. The van der Waals surface area contributed by atoms with Crippen molar-refractivity contribution in [2.24, 2.45) is 0 Å². The van der Waals surface area contributed by atoms with Crippen LogP contribution in [0.3, 0.4) is 0 Å². The fourth-order valence-corrected chi connectivity index (χ4v) is 2.97. The van der Waals surface area contributed by atoms with Gasteiger partial charge in [-0.25, -0.2) is 18.4 Å². The summed E-state index contributed by atoms with van der Waals surface area (Å²) >= 11 is 11.6. The molecule has 0 saturated heterocycles. The third-order valence-corrected chi connectivity index (χ3v) is 4.30. The molecule has 0 fully saturated rings. The van der Waals surface area contributed by atoms with Crippen LogP contribution in [0.2, 0.25) is 10.3 Å². The first-order valence-corrected chi connectivity index (χ1v) is 7.51. The highest BCUT2D eigenvalue weighted by Crippen LogP contribution is 2.28. The Kier molecular flexibility index (Phi) is 4.32. The number of nitrogens with one attached hydrogen (secondary N) is 1. The van der Waals surface area contributed by atoms with Gasteiger partial charge in [-0.3, -0.25) is 4.72 Å². The molecule has 0 aliphatic carbocycles. The molecular weight excluding hydrogens is 325 g/mol. The third kappa shape index (κ3) is 3.12. The maximum atomic E-state index is 12.2. The van der Waals surface area contributed by atoms with Crippen LogP contribution in [-0.2, 0) is 10.0 Å². The maximum absolute atomic E-state index is 12.2. The Morgan fingerprint density at radius 3 is 2.15 bits per heavy atom. The number of rotatable bonds is 4. The van der Waals surface area contributed by atoms with E-state index in [1.807, 2.05) is 0 Å². The quantitative estimate of drug-likeness (QED) is 0.869. The Morgan fingerprint density at radius 1 is 1.10 bits per heavy atom. The van der Waals surface area contributed by atoms with E-state index in [2.05, 4.69) is 14.7 Å². The summed E-state index contributed by atoms with van der Waals surface area (Å²) in [6, 6.07) is 5.85. The Bertz CT molecular complexity index is 700. The zero-order valence-corrected chi connectivity index (χ0v) is 12.5. The molecule has 1 N–H and O–H groups in total. The SMILES string of the molecule is COc1ccc(S(=O)(=O)Nc2c(Cl)ncnc2Cl)cc1. The lowest BCUT2D eigenvalue weighted by molar-refractivity contribution is 0.414. The minimum absolute atomic E-state index is 0.0364. The van der Waals surface area contributed by atoms with Gasteiger partial charge in [0.25, 0.3) is 10.0 Å². The molecule has 2 rings (SSSR count). The van der Waals surface area contributed by atoms with Gasteiger partial charge in [-0.1, -0.05) is 23.2 Å². The zero-order chi connectivity index (χ0) is 14.8. The summed E-state index contributed by atoms with van der Waals surface area (Å²) in [6.07, 6.45) is 1.13. The van der Waals surface area contributed by atoms with E-state index >= 15 is 0 Å². The number of hydrogen-bond donors (Lipinski definition) is 1. The summed E-state index contributed by atoms with van der Waals surface area (Å²) < 4.78 is 31.6. The van der Waals surface area contributed by atoms with Crippen LogP contribution in [-0.4, -0.2) is 25.5 Å². The van der Waals surface area contributed by atoms with Crippen molar-refractivity contribution in [3.8, 4) is 5.75 Å². The number of halogens is 2. The highest BCUT2D eigenvalue weighted by molar-refractivity contribution is 7.92. The highest BCUT2D eigenvalue weighted by Gasteiger charge is 2.19. The summed E-state index contributed by atoms with van der Waals surface area (Å²) in [5, 5.41) is -0.163. The van der Waals surface area contributed by atoms with Crippen LogP contribution in [0.5, 0.6) is 5.75 Å². The molecule has 2 aromatic rings. The van der Waals surface area contributed by atoms with Crippen molar-refractivity contribution in [3.05, 3.63) is 40.9 Å². The van der Waals surface area contributed by atoms with E-state index in [0.717, 1.165) is 6.33 Å². The van der Waals surface area contributed by atoms with E-state index < -0.39 is 10.0 Å². The van der Waals surface area contributed by atoms with Crippen molar-refractivity contribution in [1.29, 1.82) is 0 Å². The summed E-state index contributed by atoms with van der Waals surface area (Å²) in [5.74, 6) is 0.544. The van der Waals surface area contributed by atoms with Crippen molar-refractivity contribution >= 4 is 38.9 Å². The molecule has 0 atom stereocenters. The highest BCUT2D eigenvalue weighted by atomic mass is 35.5. The lowest BCUT2D eigenvalue weighted by atomic mass is 10.3. The molecule has 1 aromatic carbocycles. The second-order valence-electron chi connectivity index (χ2n) is 3.61. The average Bonchev–Trinajstić information content (AvgIpc) is 2.43. The van der Waals surface area contributed by atoms with Gasteiger partial charge in [0.05, 0.1) is 12.0 Å². The summed E-state index contributed by atoms with van der Waals surface area (Å²) in [5.41, 5.74) is -0.0633. The average molecular weight is 334 g/mol. The van der Waals surface area contributed by atoms with Gasteiger partial charge in [-0.2, -0.15) is 0 Å². The molecule has 0 unspecified atom stereocenters. The monoisotopic (exact) mass is 333 g/mol. The smallest absolute Gasteiger partial charge is 0.262 e. The molecule has 20 heavy (non-hydrogen) atoms. The van der Waals surface area contributed by atoms with Crippen LogP contribution >= 0.6 is 23.2 Å². The van der Waals surface area contributed by atoms with E-state index in [4.69, 9.17) is 27.9 Å². The molecule has 1 heterocycles. The van der Waals surface area contributed by atoms with Gasteiger partial charge in [0.2, 0.25) is 0 Å². The third-order valence-electron chi connectivity index (χ3n) is 2.36. The molecule has 0 amide bonds. The molecule has 0 saturated carbocycles. The molecule has 9 heteroatoms. The molecule has 0 spiro atoms. The predicted octanol–water partition coefficient (Wildman–Crippen LogP) is 2.59. The largest absolute Gasteiger partial charge is 0.497 e. The molecule has 0 aliphatic heterocycles. The lowest BCUT2D eigenvalue weighted by Gasteiger charge is -2.10. The topological polar surface area (TPSA) is 81.2 Å². The molecule has 0 radical (unpaired) electrons. The van der Waals surface area contributed by atoms with Crippen molar-refractivity contribution in [3.63, 3.8) is 0 Å². The molecule has 1 aromatic heterocycles. The molecular formula is C11H9Cl2N3O3S. The number of benzene rings is 1. The van der Waals surface area contributed by atoms with Gasteiger partial charge < -0.3 is 4.74 Å².